The smallest absolute Gasteiger partial charge is 0.407 e. The highest BCUT2D eigenvalue weighted by Gasteiger charge is 2.39. The van der Waals surface area contributed by atoms with Crippen LogP contribution in [0.1, 0.15) is 91.7 Å². The van der Waals surface area contributed by atoms with Crippen LogP contribution in [0.15, 0.2) is 18.2 Å². The predicted molar refractivity (Wildman–Crippen MR) is 127 cm³/mol. The number of hydrogen-bond acceptors (Lipinski definition) is 4. The predicted octanol–water partition coefficient (Wildman–Crippen LogP) is 3.47. The second kappa shape index (κ2) is 10.3. The van der Waals surface area contributed by atoms with Crippen molar-refractivity contribution in [3.05, 3.63) is 34.9 Å². The topological polar surface area (TPSA) is 124 Å². The maximum Gasteiger partial charge on any atom is 0.407 e. The van der Waals surface area contributed by atoms with Crippen molar-refractivity contribution in [2.24, 2.45) is 11.7 Å². The number of primary amides is 1. The zero-order valence-electron chi connectivity index (χ0n) is 19.9. The quantitative estimate of drug-likeness (QED) is 0.586. The molecule has 0 aromatic heterocycles. The Balaban J connectivity index is 1.57. The summed E-state index contributed by atoms with van der Waals surface area (Å²) in [4.78, 5) is 40.2. The minimum atomic E-state index is -1.18. The van der Waals surface area contributed by atoms with Gasteiger partial charge in [0.15, 0.2) is 0 Å². The van der Waals surface area contributed by atoms with Crippen LogP contribution in [0.2, 0.25) is 0 Å². The molecule has 3 aliphatic rings. The molecule has 1 heterocycles. The highest BCUT2D eigenvalue weighted by atomic mass is 16.4. The Labute approximate surface area is 201 Å². The maximum absolute atomic E-state index is 13.6. The first-order valence-electron chi connectivity index (χ1n) is 12.7. The molecule has 1 atom stereocenters. The summed E-state index contributed by atoms with van der Waals surface area (Å²) in [5.41, 5.74) is 6.99. The van der Waals surface area contributed by atoms with Crippen molar-refractivity contribution in [2.45, 2.75) is 82.3 Å². The fourth-order valence-corrected chi connectivity index (χ4v) is 6.22. The molecular formula is C26H37N3O5. The van der Waals surface area contributed by atoms with Gasteiger partial charge in [0.1, 0.15) is 6.54 Å². The highest BCUT2D eigenvalue weighted by Crippen LogP contribution is 2.42. The highest BCUT2D eigenvalue weighted by molar-refractivity contribution is 5.93. The van der Waals surface area contributed by atoms with Gasteiger partial charge < -0.3 is 20.8 Å². The largest absolute Gasteiger partial charge is 0.465 e. The molecule has 4 rings (SSSR count). The number of carbonyl (C=O) groups excluding carboxylic acids is 2. The lowest BCUT2D eigenvalue weighted by molar-refractivity contribution is -0.137. The Kier molecular flexibility index (Phi) is 7.45. The first-order valence-corrected chi connectivity index (χ1v) is 12.7. The van der Waals surface area contributed by atoms with Crippen LogP contribution in [0.3, 0.4) is 0 Å². The van der Waals surface area contributed by atoms with E-state index in [2.05, 4.69) is 0 Å². The SMILES string of the molecule is NC(=O)c1ccc2c(c1)CCN(C(=O)CN(CC1(O)CCCCC1)C(=O)O)C2C1CCCCC1. The Morgan fingerprint density at radius 3 is 2.38 bits per heavy atom. The van der Waals surface area contributed by atoms with Crippen molar-refractivity contribution < 1.29 is 24.6 Å². The summed E-state index contributed by atoms with van der Waals surface area (Å²) in [6, 6.07) is 5.37. The van der Waals surface area contributed by atoms with Crippen molar-refractivity contribution in [1.29, 1.82) is 0 Å². The molecule has 3 amide bonds. The fraction of sp³-hybridized carbons (Fsp3) is 0.654. The monoisotopic (exact) mass is 471 g/mol. The van der Waals surface area contributed by atoms with Crippen molar-refractivity contribution in [2.75, 3.05) is 19.6 Å². The van der Waals surface area contributed by atoms with E-state index in [1.54, 1.807) is 6.07 Å². The summed E-state index contributed by atoms with van der Waals surface area (Å²) in [6.07, 6.45) is 8.81. The van der Waals surface area contributed by atoms with E-state index in [4.69, 9.17) is 5.73 Å². The first-order chi connectivity index (χ1) is 16.3. The third kappa shape index (κ3) is 5.37. The number of rotatable bonds is 6. The molecule has 8 heteroatoms. The second-order valence-corrected chi connectivity index (χ2v) is 10.4. The third-order valence-electron chi connectivity index (χ3n) is 7.99. The van der Waals surface area contributed by atoms with Gasteiger partial charge in [-0.1, -0.05) is 44.6 Å². The van der Waals surface area contributed by atoms with Gasteiger partial charge in [0.25, 0.3) is 0 Å². The van der Waals surface area contributed by atoms with E-state index in [1.807, 2.05) is 17.0 Å². The van der Waals surface area contributed by atoms with Crippen LogP contribution in [0, 0.1) is 5.92 Å². The minimum Gasteiger partial charge on any atom is -0.465 e. The molecule has 2 aliphatic carbocycles. The van der Waals surface area contributed by atoms with Gasteiger partial charge in [0, 0.05) is 12.1 Å². The molecule has 0 spiro atoms. The van der Waals surface area contributed by atoms with Gasteiger partial charge in [-0.25, -0.2) is 4.79 Å². The Morgan fingerprint density at radius 1 is 1.06 bits per heavy atom. The average molecular weight is 472 g/mol. The molecule has 0 saturated heterocycles. The van der Waals surface area contributed by atoms with E-state index in [0.29, 0.717) is 37.3 Å². The van der Waals surface area contributed by atoms with Crippen LogP contribution in [0.4, 0.5) is 4.79 Å². The summed E-state index contributed by atoms with van der Waals surface area (Å²) in [6.45, 7) is 0.192. The van der Waals surface area contributed by atoms with Crippen molar-refractivity contribution in [1.82, 2.24) is 9.80 Å². The zero-order chi connectivity index (χ0) is 24.3. The molecule has 0 radical (unpaired) electrons. The molecule has 34 heavy (non-hydrogen) atoms. The molecule has 4 N–H and O–H groups in total. The van der Waals surface area contributed by atoms with Crippen LogP contribution in [0.25, 0.3) is 0 Å². The lowest BCUT2D eigenvalue weighted by Crippen LogP contribution is -2.52. The molecule has 2 fully saturated rings. The Hall–Kier alpha value is -2.61. The zero-order valence-corrected chi connectivity index (χ0v) is 19.9. The Bertz CT molecular complexity index is 921. The van der Waals surface area contributed by atoms with Crippen molar-refractivity contribution in [3.8, 4) is 0 Å². The van der Waals surface area contributed by atoms with Gasteiger partial charge in [0.2, 0.25) is 11.8 Å². The van der Waals surface area contributed by atoms with E-state index >= 15 is 0 Å². The van der Waals surface area contributed by atoms with Crippen LogP contribution >= 0.6 is 0 Å². The maximum atomic E-state index is 13.6. The lowest BCUT2D eigenvalue weighted by Gasteiger charge is -2.44. The summed E-state index contributed by atoms with van der Waals surface area (Å²) < 4.78 is 0. The van der Waals surface area contributed by atoms with Crippen LogP contribution in [0.5, 0.6) is 0 Å². The number of carbonyl (C=O) groups is 3. The van der Waals surface area contributed by atoms with E-state index in [0.717, 1.165) is 61.0 Å². The molecule has 2 saturated carbocycles. The van der Waals surface area contributed by atoms with E-state index in [1.165, 1.54) is 6.42 Å². The van der Waals surface area contributed by atoms with Crippen LogP contribution in [-0.4, -0.2) is 63.2 Å². The van der Waals surface area contributed by atoms with E-state index < -0.39 is 17.6 Å². The lowest BCUT2D eigenvalue weighted by atomic mass is 9.77. The number of benzene rings is 1. The standard InChI is InChI=1S/C26H37N3O5/c27-24(31)20-9-10-21-19(15-20)11-14-29(23(21)18-7-3-1-4-8-18)22(30)16-28(25(32)33)17-26(34)12-5-2-6-13-26/h9-10,15,18,23,34H,1-8,11-14,16-17H2,(H2,27,31)(H,32,33). The third-order valence-corrected chi connectivity index (χ3v) is 7.99. The number of amides is 3. The van der Waals surface area contributed by atoms with Crippen molar-refractivity contribution in [3.63, 3.8) is 0 Å². The molecule has 1 aromatic rings. The minimum absolute atomic E-state index is 0.0332. The number of nitrogens with two attached hydrogens (primary N) is 1. The van der Waals surface area contributed by atoms with E-state index in [9.17, 15) is 24.6 Å². The molecule has 1 unspecified atom stereocenters. The Morgan fingerprint density at radius 2 is 1.74 bits per heavy atom. The van der Waals surface area contributed by atoms with Gasteiger partial charge in [-0.3, -0.25) is 14.5 Å². The van der Waals surface area contributed by atoms with Gasteiger partial charge in [-0.2, -0.15) is 0 Å². The molecular weight excluding hydrogens is 434 g/mol. The molecule has 1 aliphatic heterocycles. The fourth-order valence-electron chi connectivity index (χ4n) is 6.22. The van der Waals surface area contributed by atoms with Crippen molar-refractivity contribution >= 4 is 17.9 Å². The van der Waals surface area contributed by atoms with Crippen LogP contribution in [-0.2, 0) is 11.2 Å². The van der Waals surface area contributed by atoms with Gasteiger partial charge in [-0.15, -0.1) is 0 Å². The molecule has 1 aromatic carbocycles. The average Bonchev–Trinajstić information content (AvgIpc) is 2.83. The number of hydrogen-bond donors (Lipinski definition) is 3. The summed E-state index contributed by atoms with van der Waals surface area (Å²) in [5, 5.41) is 20.7. The van der Waals surface area contributed by atoms with Gasteiger partial charge in [-0.05, 0) is 61.3 Å². The second-order valence-electron chi connectivity index (χ2n) is 10.4. The summed E-state index contributed by atoms with van der Waals surface area (Å²) in [5.74, 6) is -0.382. The van der Waals surface area contributed by atoms with Crippen LogP contribution < -0.4 is 5.73 Å². The molecule has 0 bridgehead atoms. The molecule has 186 valence electrons. The number of carboxylic acid groups (broad SMARTS) is 1. The van der Waals surface area contributed by atoms with Gasteiger partial charge in [0.05, 0.1) is 18.2 Å². The summed E-state index contributed by atoms with van der Waals surface area (Å²) >= 11 is 0. The molecule has 8 nitrogen and oxygen atoms in total. The van der Waals surface area contributed by atoms with E-state index in [-0.39, 0.29) is 25.0 Å². The number of fused-ring (bicyclic) bond motifs is 1. The number of nitrogens with zero attached hydrogens (tertiary/aromatic N) is 2. The number of aliphatic hydroxyl groups is 1. The summed E-state index contributed by atoms with van der Waals surface area (Å²) in [7, 11) is 0. The normalized spacial score (nSPS) is 22.6. The first kappa shape index (κ1) is 24.5. The van der Waals surface area contributed by atoms with Gasteiger partial charge >= 0.3 is 6.09 Å².